The minimum Gasteiger partial charge on any atom is -0.457 e. The van der Waals surface area contributed by atoms with Gasteiger partial charge in [-0.1, -0.05) is 12.1 Å². The van der Waals surface area contributed by atoms with Gasteiger partial charge in [0, 0.05) is 17.2 Å². The molecule has 102 valence electrons. The highest BCUT2D eigenvalue weighted by atomic mass is 16.6. The van der Waals surface area contributed by atoms with E-state index >= 15 is 0 Å². The summed E-state index contributed by atoms with van der Waals surface area (Å²) in [6.45, 7) is 1.65. The van der Waals surface area contributed by atoms with Crippen LogP contribution in [-0.2, 0) is 0 Å². The predicted molar refractivity (Wildman–Crippen MR) is 71.6 cm³/mol. The summed E-state index contributed by atoms with van der Waals surface area (Å²) in [5, 5.41) is 21.1. The molecule has 0 saturated heterocycles. The summed E-state index contributed by atoms with van der Waals surface area (Å²) in [4.78, 5) is 20.0. The van der Waals surface area contributed by atoms with Crippen LogP contribution < -0.4 is 0 Å². The van der Waals surface area contributed by atoms with E-state index in [2.05, 4.69) is 0 Å². The minimum absolute atomic E-state index is 0.00119. The number of rotatable bonds is 4. The summed E-state index contributed by atoms with van der Waals surface area (Å²) in [7, 11) is 0. The SMILES string of the molecule is Cc1ccc(-c2ccc(/C=C/[N+](=O)[O-])o2)cc1[N+](=O)[O-]. The van der Waals surface area contributed by atoms with Crippen LogP contribution in [0.3, 0.4) is 0 Å². The van der Waals surface area contributed by atoms with E-state index in [4.69, 9.17) is 4.42 Å². The van der Waals surface area contributed by atoms with E-state index < -0.39 is 9.85 Å². The van der Waals surface area contributed by atoms with Crippen LogP contribution in [0.15, 0.2) is 40.9 Å². The molecule has 2 rings (SSSR count). The Morgan fingerprint density at radius 3 is 2.55 bits per heavy atom. The molecule has 0 fully saturated rings. The zero-order valence-corrected chi connectivity index (χ0v) is 10.5. The van der Waals surface area contributed by atoms with Gasteiger partial charge in [0.2, 0.25) is 6.20 Å². The Labute approximate surface area is 113 Å². The molecule has 1 aromatic heterocycles. The molecule has 0 amide bonds. The van der Waals surface area contributed by atoms with Gasteiger partial charge in [-0.2, -0.15) is 0 Å². The van der Waals surface area contributed by atoms with Crippen molar-refractivity contribution in [3.05, 3.63) is 68.1 Å². The lowest BCUT2D eigenvalue weighted by Crippen LogP contribution is -1.91. The average Bonchev–Trinajstić information content (AvgIpc) is 2.85. The first-order valence-electron chi connectivity index (χ1n) is 5.64. The lowest BCUT2D eigenvalue weighted by atomic mass is 10.1. The Morgan fingerprint density at radius 2 is 1.90 bits per heavy atom. The molecule has 1 heterocycles. The third-order valence-electron chi connectivity index (χ3n) is 2.68. The molecule has 0 saturated carbocycles. The van der Waals surface area contributed by atoms with Crippen LogP contribution >= 0.6 is 0 Å². The van der Waals surface area contributed by atoms with Crippen molar-refractivity contribution < 1.29 is 14.3 Å². The number of aryl methyl sites for hydroxylation is 1. The number of furan rings is 1. The van der Waals surface area contributed by atoms with Gasteiger partial charge in [0.25, 0.3) is 5.69 Å². The summed E-state index contributed by atoms with van der Waals surface area (Å²) in [5.41, 5.74) is 1.10. The molecule has 0 aliphatic heterocycles. The molecule has 0 spiro atoms. The zero-order chi connectivity index (χ0) is 14.7. The largest absolute Gasteiger partial charge is 0.457 e. The Hall–Kier alpha value is -2.96. The van der Waals surface area contributed by atoms with Gasteiger partial charge in [-0.05, 0) is 19.1 Å². The van der Waals surface area contributed by atoms with Crippen LogP contribution in [0.2, 0.25) is 0 Å². The van der Waals surface area contributed by atoms with Gasteiger partial charge in [0.05, 0.1) is 15.9 Å². The van der Waals surface area contributed by atoms with E-state index in [1.54, 1.807) is 31.2 Å². The van der Waals surface area contributed by atoms with Crippen molar-refractivity contribution in [1.29, 1.82) is 0 Å². The zero-order valence-electron chi connectivity index (χ0n) is 10.5. The number of nitrogens with zero attached hydrogens (tertiary/aromatic N) is 2. The summed E-state index contributed by atoms with van der Waals surface area (Å²) in [6.07, 6.45) is 1.98. The normalized spacial score (nSPS) is 10.8. The summed E-state index contributed by atoms with van der Waals surface area (Å²) >= 11 is 0. The van der Waals surface area contributed by atoms with Gasteiger partial charge in [0.15, 0.2) is 0 Å². The molecular weight excluding hydrogens is 264 g/mol. The lowest BCUT2D eigenvalue weighted by Gasteiger charge is -2.00. The number of hydrogen-bond donors (Lipinski definition) is 0. The monoisotopic (exact) mass is 274 g/mol. The summed E-state index contributed by atoms with van der Waals surface area (Å²) in [6, 6.07) is 7.90. The van der Waals surface area contributed by atoms with E-state index in [1.807, 2.05) is 0 Å². The molecular formula is C13H10N2O5. The first-order chi connectivity index (χ1) is 9.47. The molecule has 7 nitrogen and oxygen atoms in total. The molecule has 0 unspecified atom stereocenters. The first-order valence-corrected chi connectivity index (χ1v) is 5.64. The number of benzene rings is 1. The highest BCUT2D eigenvalue weighted by molar-refractivity contribution is 5.64. The molecule has 0 aliphatic carbocycles. The third kappa shape index (κ3) is 2.89. The maximum Gasteiger partial charge on any atom is 0.273 e. The Morgan fingerprint density at radius 1 is 1.15 bits per heavy atom. The van der Waals surface area contributed by atoms with Gasteiger partial charge in [-0.15, -0.1) is 0 Å². The predicted octanol–water partition coefficient (Wildman–Crippen LogP) is 3.41. The van der Waals surface area contributed by atoms with Gasteiger partial charge in [0.1, 0.15) is 11.5 Å². The van der Waals surface area contributed by atoms with E-state index in [-0.39, 0.29) is 5.69 Å². The maximum absolute atomic E-state index is 10.9. The molecule has 1 aromatic carbocycles. The molecule has 20 heavy (non-hydrogen) atoms. The minimum atomic E-state index is -0.598. The first kappa shape index (κ1) is 13.5. The second-order valence-corrected chi connectivity index (χ2v) is 4.06. The fourth-order valence-corrected chi connectivity index (χ4v) is 1.69. The fourth-order valence-electron chi connectivity index (χ4n) is 1.69. The molecule has 0 aliphatic rings. The molecule has 2 aromatic rings. The number of hydrogen-bond acceptors (Lipinski definition) is 5. The fraction of sp³-hybridized carbons (Fsp3) is 0.0769. The second kappa shape index (κ2) is 5.35. The van der Waals surface area contributed by atoms with E-state index in [0.29, 0.717) is 22.6 Å². The van der Waals surface area contributed by atoms with Gasteiger partial charge >= 0.3 is 0 Å². The maximum atomic E-state index is 10.9. The lowest BCUT2D eigenvalue weighted by molar-refractivity contribution is -0.401. The number of nitro benzene ring substituents is 1. The average molecular weight is 274 g/mol. The van der Waals surface area contributed by atoms with E-state index in [0.717, 1.165) is 6.20 Å². The van der Waals surface area contributed by atoms with Crippen molar-refractivity contribution in [3.8, 4) is 11.3 Å². The Balaban J connectivity index is 2.35. The molecule has 0 bridgehead atoms. The van der Waals surface area contributed by atoms with Gasteiger partial charge < -0.3 is 4.42 Å². The van der Waals surface area contributed by atoms with Crippen molar-refractivity contribution >= 4 is 11.8 Å². The molecule has 0 radical (unpaired) electrons. The van der Waals surface area contributed by atoms with Crippen LogP contribution in [0.25, 0.3) is 17.4 Å². The van der Waals surface area contributed by atoms with Gasteiger partial charge in [-0.3, -0.25) is 20.2 Å². The van der Waals surface area contributed by atoms with Crippen molar-refractivity contribution in [2.75, 3.05) is 0 Å². The smallest absolute Gasteiger partial charge is 0.273 e. The van der Waals surface area contributed by atoms with Crippen molar-refractivity contribution in [2.45, 2.75) is 6.92 Å². The standard InChI is InChI=1S/C13H10N2O5/c1-9-2-3-10(8-12(9)15(18)19)13-5-4-11(20-13)6-7-14(16)17/h2-8H,1H3/b7-6+. The molecule has 0 N–H and O–H groups in total. The topological polar surface area (TPSA) is 99.4 Å². The van der Waals surface area contributed by atoms with Crippen molar-refractivity contribution in [3.63, 3.8) is 0 Å². The quantitative estimate of drug-likeness (QED) is 0.628. The van der Waals surface area contributed by atoms with E-state index in [1.165, 1.54) is 12.1 Å². The second-order valence-electron chi connectivity index (χ2n) is 4.06. The highest BCUT2D eigenvalue weighted by Gasteiger charge is 2.13. The Bertz CT molecular complexity index is 703. The number of nitro groups is 2. The van der Waals surface area contributed by atoms with Crippen molar-refractivity contribution in [1.82, 2.24) is 0 Å². The van der Waals surface area contributed by atoms with E-state index in [9.17, 15) is 20.2 Å². The summed E-state index contributed by atoms with van der Waals surface area (Å²) < 4.78 is 5.38. The van der Waals surface area contributed by atoms with Crippen LogP contribution in [0.5, 0.6) is 0 Å². The third-order valence-corrected chi connectivity index (χ3v) is 2.68. The van der Waals surface area contributed by atoms with Crippen LogP contribution in [0, 0.1) is 27.2 Å². The summed E-state index contributed by atoms with van der Waals surface area (Å²) in [5.74, 6) is 0.719. The highest BCUT2D eigenvalue weighted by Crippen LogP contribution is 2.28. The molecule has 0 atom stereocenters. The Kier molecular flexibility index (Phi) is 3.60. The molecule has 7 heteroatoms. The van der Waals surface area contributed by atoms with Crippen molar-refractivity contribution in [2.24, 2.45) is 0 Å². The van der Waals surface area contributed by atoms with Crippen LogP contribution in [0.4, 0.5) is 5.69 Å². The van der Waals surface area contributed by atoms with Gasteiger partial charge in [-0.25, -0.2) is 0 Å². The van der Waals surface area contributed by atoms with Crippen LogP contribution in [0.1, 0.15) is 11.3 Å². The van der Waals surface area contributed by atoms with Crippen LogP contribution in [-0.4, -0.2) is 9.85 Å².